The molecule has 0 aliphatic carbocycles. The second kappa shape index (κ2) is 12.3. The zero-order valence-electron chi connectivity index (χ0n) is 22.0. The van der Waals surface area contributed by atoms with Gasteiger partial charge in [-0.25, -0.2) is 0 Å². The fraction of sp³-hybridized carbons (Fsp3) is 0.367. The molecule has 0 aromatic heterocycles. The Balaban J connectivity index is 1.62. The van der Waals surface area contributed by atoms with Gasteiger partial charge < -0.3 is 20.0 Å². The SMILES string of the molecule is CNC(C(=O)N(C)C(CN1CCCC1)c1ccc(-c2cccc(N(C)C)c2)cc1)c1ccc(Cl)c(Cl)c1. The van der Waals surface area contributed by atoms with Gasteiger partial charge in [-0.3, -0.25) is 4.79 Å². The molecule has 1 saturated heterocycles. The van der Waals surface area contributed by atoms with Crippen molar-refractivity contribution in [1.82, 2.24) is 15.1 Å². The van der Waals surface area contributed by atoms with Gasteiger partial charge in [-0.05, 0) is 79.5 Å². The van der Waals surface area contributed by atoms with Crippen LogP contribution < -0.4 is 10.2 Å². The van der Waals surface area contributed by atoms with Crippen LogP contribution in [0.15, 0.2) is 66.7 Å². The van der Waals surface area contributed by atoms with Gasteiger partial charge in [-0.15, -0.1) is 0 Å². The summed E-state index contributed by atoms with van der Waals surface area (Å²) in [6.45, 7) is 2.93. The minimum absolute atomic E-state index is 0.00662. The van der Waals surface area contributed by atoms with Crippen LogP contribution in [0.3, 0.4) is 0 Å². The highest BCUT2D eigenvalue weighted by Gasteiger charge is 2.30. The van der Waals surface area contributed by atoms with Crippen molar-refractivity contribution in [2.24, 2.45) is 0 Å². The lowest BCUT2D eigenvalue weighted by molar-refractivity contribution is -0.134. The number of anilines is 1. The lowest BCUT2D eigenvalue weighted by atomic mass is 9.98. The fourth-order valence-corrected chi connectivity index (χ4v) is 5.31. The molecular formula is C30H36Cl2N4O. The minimum atomic E-state index is -0.520. The lowest BCUT2D eigenvalue weighted by Gasteiger charge is -2.34. The van der Waals surface area contributed by atoms with E-state index < -0.39 is 6.04 Å². The van der Waals surface area contributed by atoms with Crippen molar-refractivity contribution in [1.29, 1.82) is 0 Å². The average molecular weight is 540 g/mol. The molecule has 1 heterocycles. The van der Waals surface area contributed by atoms with E-state index in [1.165, 1.54) is 24.1 Å². The maximum absolute atomic E-state index is 13.8. The molecule has 1 aliphatic heterocycles. The summed E-state index contributed by atoms with van der Waals surface area (Å²) in [5.41, 5.74) is 5.42. The van der Waals surface area contributed by atoms with Gasteiger partial charge in [0, 0.05) is 33.4 Å². The highest BCUT2D eigenvalue weighted by molar-refractivity contribution is 6.42. The van der Waals surface area contributed by atoms with Crippen molar-refractivity contribution in [3.63, 3.8) is 0 Å². The van der Waals surface area contributed by atoms with E-state index in [9.17, 15) is 4.79 Å². The average Bonchev–Trinajstić information content (AvgIpc) is 3.43. The van der Waals surface area contributed by atoms with Gasteiger partial charge in [0.25, 0.3) is 0 Å². The van der Waals surface area contributed by atoms with Gasteiger partial charge in [0.1, 0.15) is 6.04 Å². The van der Waals surface area contributed by atoms with Crippen LogP contribution in [0.5, 0.6) is 0 Å². The number of carbonyl (C=O) groups is 1. The van der Waals surface area contributed by atoms with E-state index in [-0.39, 0.29) is 11.9 Å². The van der Waals surface area contributed by atoms with Crippen LogP contribution >= 0.6 is 23.2 Å². The number of likely N-dealkylation sites (tertiary alicyclic amines) is 1. The quantitative estimate of drug-likeness (QED) is 0.347. The van der Waals surface area contributed by atoms with E-state index in [1.54, 1.807) is 19.2 Å². The summed E-state index contributed by atoms with van der Waals surface area (Å²) in [6.07, 6.45) is 2.40. The number of carbonyl (C=O) groups excluding carboxylic acids is 1. The predicted octanol–water partition coefficient (Wildman–Crippen LogP) is 6.28. The molecule has 2 atom stereocenters. The Morgan fingerprint density at radius 1 is 0.892 bits per heavy atom. The number of halogens is 2. The number of likely N-dealkylation sites (N-methyl/N-ethyl adjacent to an activating group) is 2. The Hall–Kier alpha value is -2.57. The third-order valence-corrected chi connectivity index (χ3v) is 7.99. The van der Waals surface area contributed by atoms with Crippen LogP contribution in [0, 0.1) is 0 Å². The molecule has 1 N–H and O–H groups in total. The molecule has 0 radical (unpaired) electrons. The van der Waals surface area contributed by atoms with E-state index in [2.05, 4.69) is 77.7 Å². The van der Waals surface area contributed by atoms with E-state index in [4.69, 9.17) is 23.2 Å². The smallest absolute Gasteiger partial charge is 0.244 e. The Bertz CT molecular complexity index is 1210. The summed E-state index contributed by atoms with van der Waals surface area (Å²) in [7, 11) is 7.80. The summed E-state index contributed by atoms with van der Waals surface area (Å²) in [4.78, 5) is 20.3. The van der Waals surface area contributed by atoms with Crippen LogP contribution in [0.1, 0.15) is 36.1 Å². The first-order valence-electron chi connectivity index (χ1n) is 12.8. The van der Waals surface area contributed by atoms with Crippen LogP contribution in [-0.2, 0) is 4.79 Å². The maximum atomic E-state index is 13.8. The number of hydrogen-bond donors (Lipinski definition) is 1. The molecule has 5 nitrogen and oxygen atoms in total. The van der Waals surface area contributed by atoms with Gasteiger partial charge in [-0.1, -0.05) is 65.7 Å². The predicted molar refractivity (Wildman–Crippen MR) is 156 cm³/mol. The molecule has 37 heavy (non-hydrogen) atoms. The van der Waals surface area contributed by atoms with Crippen molar-refractivity contribution in [3.05, 3.63) is 87.9 Å². The number of hydrogen-bond acceptors (Lipinski definition) is 4. The minimum Gasteiger partial charge on any atom is -0.378 e. The molecule has 2 unspecified atom stereocenters. The van der Waals surface area contributed by atoms with Crippen molar-refractivity contribution >= 4 is 34.8 Å². The fourth-order valence-electron chi connectivity index (χ4n) is 5.00. The van der Waals surface area contributed by atoms with Crippen molar-refractivity contribution in [2.45, 2.75) is 24.9 Å². The Kier molecular flexibility index (Phi) is 9.14. The van der Waals surface area contributed by atoms with Gasteiger partial charge >= 0.3 is 0 Å². The van der Waals surface area contributed by atoms with E-state index >= 15 is 0 Å². The summed E-state index contributed by atoms with van der Waals surface area (Å²) in [6, 6.07) is 21.9. The number of nitrogens with one attached hydrogen (secondary N) is 1. The number of rotatable bonds is 9. The normalized spacial score (nSPS) is 15.4. The standard InChI is InChI=1S/C30H36Cl2N4O/c1-33-29(24-14-15-26(31)27(32)19-24)30(37)35(4)28(20-36-16-5-6-17-36)22-12-10-21(11-13-22)23-8-7-9-25(18-23)34(2)3/h7-15,18-19,28-29,33H,5-6,16-17,20H2,1-4H3. The molecule has 0 bridgehead atoms. The second-order valence-corrected chi connectivity index (χ2v) is 10.7. The summed E-state index contributed by atoms with van der Waals surface area (Å²) < 4.78 is 0. The molecule has 196 valence electrons. The van der Waals surface area contributed by atoms with Crippen molar-refractivity contribution in [2.75, 3.05) is 52.7 Å². The monoisotopic (exact) mass is 538 g/mol. The lowest BCUT2D eigenvalue weighted by Crippen LogP contribution is -2.43. The first kappa shape index (κ1) is 27.5. The first-order chi connectivity index (χ1) is 17.8. The maximum Gasteiger partial charge on any atom is 0.244 e. The number of benzene rings is 3. The van der Waals surface area contributed by atoms with Gasteiger partial charge in [0.15, 0.2) is 0 Å². The van der Waals surface area contributed by atoms with Crippen LogP contribution in [0.25, 0.3) is 11.1 Å². The topological polar surface area (TPSA) is 38.8 Å². The van der Waals surface area contributed by atoms with Crippen molar-refractivity contribution in [3.8, 4) is 11.1 Å². The largest absolute Gasteiger partial charge is 0.378 e. The van der Waals surface area contributed by atoms with Gasteiger partial charge in [-0.2, -0.15) is 0 Å². The van der Waals surface area contributed by atoms with Gasteiger partial charge in [0.05, 0.1) is 16.1 Å². The van der Waals surface area contributed by atoms with Gasteiger partial charge in [0.2, 0.25) is 5.91 Å². The van der Waals surface area contributed by atoms with Crippen LogP contribution in [0.2, 0.25) is 10.0 Å². The van der Waals surface area contributed by atoms with E-state index in [1.807, 2.05) is 18.0 Å². The summed E-state index contributed by atoms with van der Waals surface area (Å²) in [5, 5.41) is 4.10. The molecule has 0 saturated carbocycles. The van der Waals surface area contributed by atoms with E-state index in [0.29, 0.717) is 10.0 Å². The summed E-state index contributed by atoms with van der Waals surface area (Å²) in [5.74, 6) is -0.00662. The third-order valence-electron chi connectivity index (χ3n) is 7.25. The van der Waals surface area contributed by atoms with Crippen LogP contribution in [-0.4, -0.2) is 63.5 Å². The molecule has 3 aromatic carbocycles. The van der Waals surface area contributed by atoms with Crippen LogP contribution in [0.4, 0.5) is 5.69 Å². The molecular weight excluding hydrogens is 503 g/mol. The Labute approximate surface area is 231 Å². The molecule has 0 spiro atoms. The zero-order chi connectivity index (χ0) is 26.5. The second-order valence-electron chi connectivity index (χ2n) is 9.93. The highest BCUT2D eigenvalue weighted by atomic mass is 35.5. The molecule has 3 aromatic rings. The Morgan fingerprint density at radius 3 is 2.19 bits per heavy atom. The molecule has 1 amide bonds. The molecule has 4 rings (SSSR count). The summed E-state index contributed by atoms with van der Waals surface area (Å²) >= 11 is 12.4. The Morgan fingerprint density at radius 2 is 1.57 bits per heavy atom. The highest BCUT2D eigenvalue weighted by Crippen LogP contribution is 2.31. The molecule has 1 aliphatic rings. The zero-order valence-corrected chi connectivity index (χ0v) is 23.6. The third kappa shape index (κ3) is 6.47. The molecule has 1 fully saturated rings. The van der Waals surface area contributed by atoms with Crippen molar-refractivity contribution < 1.29 is 4.79 Å². The first-order valence-corrected chi connectivity index (χ1v) is 13.5. The number of amides is 1. The molecule has 7 heteroatoms. The van der Waals surface area contributed by atoms with E-state index in [0.717, 1.165) is 36.3 Å². The number of nitrogens with zero attached hydrogens (tertiary/aromatic N) is 3.